The van der Waals surface area contributed by atoms with E-state index in [2.05, 4.69) is 36.4 Å². The third-order valence-electron chi connectivity index (χ3n) is 5.41. The molecule has 1 aliphatic heterocycles. The van der Waals surface area contributed by atoms with Gasteiger partial charge in [0.1, 0.15) is 23.7 Å². The molecule has 158 valence electrons. The molecular weight excluding hydrogens is 386 g/mol. The zero-order valence-electron chi connectivity index (χ0n) is 17.9. The molecule has 1 aromatic carbocycles. The molecule has 1 aromatic heterocycles. The summed E-state index contributed by atoms with van der Waals surface area (Å²) in [5.41, 5.74) is 2.55. The van der Waals surface area contributed by atoms with Crippen LogP contribution in [0, 0.1) is 6.92 Å². The summed E-state index contributed by atoms with van der Waals surface area (Å²) in [7, 11) is 4.00. The van der Waals surface area contributed by atoms with E-state index in [1.54, 1.807) is 11.8 Å². The minimum Gasteiger partial charge on any atom is -0.488 e. The van der Waals surface area contributed by atoms with Crippen molar-refractivity contribution in [3.8, 4) is 5.75 Å². The van der Waals surface area contributed by atoms with Crippen molar-refractivity contribution >= 4 is 28.6 Å². The summed E-state index contributed by atoms with van der Waals surface area (Å²) in [5, 5.41) is 7.08. The summed E-state index contributed by atoms with van der Waals surface area (Å²) in [5.74, 6) is 2.24. The molecule has 0 saturated carbocycles. The maximum Gasteiger partial charge on any atom is 0.255 e. The van der Waals surface area contributed by atoms with E-state index in [1.165, 1.54) is 10.6 Å². The Morgan fingerprint density at radius 3 is 2.83 bits per heavy atom. The fraction of sp³-hybridized carbons (Fsp3) is 0.500. The van der Waals surface area contributed by atoms with Gasteiger partial charge in [-0.15, -0.1) is 11.8 Å². The van der Waals surface area contributed by atoms with Crippen molar-refractivity contribution in [2.75, 3.05) is 33.1 Å². The van der Waals surface area contributed by atoms with Crippen LogP contribution in [-0.4, -0.2) is 50.0 Å². The molecule has 0 fully saturated rings. The van der Waals surface area contributed by atoms with Crippen molar-refractivity contribution < 1.29 is 13.9 Å². The van der Waals surface area contributed by atoms with Gasteiger partial charge >= 0.3 is 0 Å². The highest BCUT2D eigenvalue weighted by Crippen LogP contribution is 2.32. The second kappa shape index (κ2) is 9.59. The van der Waals surface area contributed by atoms with Crippen molar-refractivity contribution in [1.82, 2.24) is 15.5 Å². The number of nitrogens with one attached hydrogen (secondary N) is 2. The summed E-state index contributed by atoms with van der Waals surface area (Å²) < 4.78 is 11.9. The number of allylic oxidation sites excluding steroid dienone is 1. The average molecular weight is 418 g/mol. The third-order valence-corrected chi connectivity index (χ3v) is 6.69. The maximum absolute atomic E-state index is 13.0. The zero-order valence-corrected chi connectivity index (χ0v) is 18.7. The van der Waals surface area contributed by atoms with Gasteiger partial charge in [-0.2, -0.15) is 0 Å². The van der Waals surface area contributed by atoms with Crippen LogP contribution >= 0.6 is 11.8 Å². The smallest absolute Gasteiger partial charge is 0.255 e. The molecule has 1 aliphatic rings. The van der Waals surface area contributed by atoms with E-state index < -0.39 is 0 Å². The fourth-order valence-electron chi connectivity index (χ4n) is 3.41. The quantitative estimate of drug-likeness (QED) is 0.640. The lowest BCUT2D eigenvalue weighted by Gasteiger charge is -2.16. The summed E-state index contributed by atoms with van der Waals surface area (Å²) in [6, 6.07) is 5.81. The molecule has 1 atom stereocenters. The Kier molecular flexibility index (Phi) is 7.14. The monoisotopic (exact) mass is 417 g/mol. The highest BCUT2D eigenvalue weighted by Gasteiger charge is 2.21. The van der Waals surface area contributed by atoms with Crippen LogP contribution in [-0.2, 0) is 0 Å². The number of hydrogen-bond donors (Lipinski definition) is 2. The van der Waals surface area contributed by atoms with E-state index in [0.29, 0.717) is 23.5 Å². The lowest BCUT2D eigenvalue weighted by molar-refractivity contribution is 0.0934. The van der Waals surface area contributed by atoms with Gasteiger partial charge in [0.05, 0.1) is 11.4 Å². The first-order chi connectivity index (χ1) is 13.9. The van der Waals surface area contributed by atoms with Crippen molar-refractivity contribution in [2.24, 2.45) is 0 Å². The number of nitrogens with zero attached hydrogens (tertiary/aromatic N) is 1. The number of carbonyl (C=O) groups is 1. The molecule has 2 N–H and O–H groups in total. The molecule has 7 heteroatoms. The Labute approximate surface area is 177 Å². The molecule has 0 aliphatic carbocycles. The van der Waals surface area contributed by atoms with Gasteiger partial charge in [-0.05, 0) is 58.5 Å². The van der Waals surface area contributed by atoms with E-state index in [-0.39, 0.29) is 11.9 Å². The Morgan fingerprint density at radius 2 is 2.17 bits per heavy atom. The highest BCUT2D eigenvalue weighted by atomic mass is 32.2. The number of ether oxygens (including phenoxy) is 1. The lowest BCUT2D eigenvalue weighted by Crippen LogP contribution is -2.36. The first-order valence-corrected chi connectivity index (χ1v) is 11.1. The van der Waals surface area contributed by atoms with Gasteiger partial charge in [-0.3, -0.25) is 4.79 Å². The van der Waals surface area contributed by atoms with Crippen LogP contribution < -0.4 is 15.4 Å². The SMILES string of the molecule is CCC(CCNC)NC(=O)c1c(C)oc2ccc(OCC3=C(C)N(C)CS3)cc12. The topological polar surface area (TPSA) is 66.7 Å². The largest absolute Gasteiger partial charge is 0.488 e. The van der Waals surface area contributed by atoms with Gasteiger partial charge in [-0.25, -0.2) is 0 Å². The second-order valence-corrected chi connectivity index (χ2v) is 8.47. The van der Waals surface area contributed by atoms with E-state index in [9.17, 15) is 4.79 Å². The van der Waals surface area contributed by atoms with Crippen molar-refractivity contribution in [1.29, 1.82) is 0 Å². The molecule has 2 heterocycles. The number of aryl methyl sites for hydroxylation is 1. The Bertz CT molecular complexity index is 906. The predicted molar refractivity (Wildman–Crippen MR) is 119 cm³/mol. The molecule has 29 heavy (non-hydrogen) atoms. The van der Waals surface area contributed by atoms with Gasteiger partial charge in [0, 0.05) is 29.1 Å². The van der Waals surface area contributed by atoms with Crippen LogP contribution in [0.2, 0.25) is 0 Å². The molecular formula is C22H31N3O3S. The number of amides is 1. The Morgan fingerprint density at radius 1 is 1.38 bits per heavy atom. The molecule has 1 amide bonds. The van der Waals surface area contributed by atoms with Gasteiger partial charge in [0.15, 0.2) is 0 Å². The minimum absolute atomic E-state index is 0.0899. The number of benzene rings is 1. The molecule has 0 spiro atoms. The highest BCUT2D eigenvalue weighted by molar-refractivity contribution is 8.03. The minimum atomic E-state index is -0.0899. The van der Waals surface area contributed by atoms with Crippen LogP contribution in [0.4, 0.5) is 0 Å². The van der Waals surface area contributed by atoms with Crippen LogP contribution in [0.3, 0.4) is 0 Å². The molecule has 0 saturated heterocycles. The number of furan rings is 1. The third kappa shape index (κ3) is 4.90. The average Bonchev–Trinajstić information content (AvgIpc) is 3.21. The first-order valence-electron chi connectivity index (χ1n) is 10.1. The molecule has 6 nitrogen and oxygen atoms in total. The molecule has 3 rings (SSSR count). The molecule has 1 unspecified atom stereocenters. The van der Waals surface area contributed by atoms with E-state index in [1.807, 2.05) is 32.2 Å². The van der Waals surface area contributed by atoms with Gasteiger partial charge in [-0.1, -0.05) is 6.92 Å². The van der Waals surface area contributed by atoms with Crippen LogP contribution in [0.1, 0.15) is 42.8 Å². The zero-order chi connectivity index (χ0) is 21.0. The second-order valence-electron chi connectivity index (χ2n) is 7.43. The standard InChI is InChI=1S/C22H31N3O3S/c1-6-16(9-10-23-4)24-22(26)21-15(3)28-19-8-7-17(11-18(19)21)27-12-20-14(2)25(5)13-29-20/h7-8,11,16,23H,6,9-10,12-13H2,1-5H3,(H,24,26). The summed E-state index contributed by atoms with van der Waals surface area (Å²) in [6.45, 7) is 7.43. The van der Waals surface area contributed by atoms with Gasteiger partial charge in [0.25, 0.3) is 5.91 Å². The summed E-state index contributed by atoms with van der Waals surface area (Å²) in [6.07, 6.45) is 1.78. The Balaban J connectivity index is 1.78. The summed E-state index contributed by atoms with van der Waals surface area (Å²) >= 11 is 1.80. The molecule has 0 radical (unpaired) electrons. The first kappa shape index (κ1) is 21.6. The van der Waals surface area contributed by atoms with Crippen molar-refractivity contribution in [3.63, 3.8) is 0 Å². The van der Waals surface area contributed by atoms with Crippen molar-refractivity contribution in [2.45, 2.75) is 39.7 Å². The molecule has 2 aromatic rings. The Hall–Kier alpha value is -2.12. The number of carbonyl (C=O) groups excluding carboxylic acids is 1. The van der Waals surface area contributed by atoms with Crippen LogP contribution in [0.15, 0.2) is 33.2 Å². The summed E-state index contributed by atoms with van der Waals surface area (Å²) in [4.78, 5) is 16.4. The normalized spacial score (nSPS) is 15.3. The van der Waals surface area contributed by atoms with Crippen LogP contribution in [0.5, 0.6) is 5.75 Å². The van der Waals surface area contributed by atoms with Crippen LogP contribution in [0.25, 0.3) is 11.0 Å². The predicted octanol–water partition coefficient (Wildman–Crippen LogP) is 4.11. The van der Waals surface area contributed by atoms with Crippen molar-refractivity contribution in [3.05, 3.63) is 40.1 Å². The van der Waals surface area contributed by atoms with Gasteiger partial charge in [0.2, 0.25) is 0 Å². The van der Waals surface area contributed by atoms with Gasteiger partial charge < -0.3 is 24.7 Å². The number of rotatable bonds is 9. The van der Waals surface area contributed by atoms with E-state index in [4.69, 9.17) is 9.15 Å². The number of hydrogen-bond acceptors (Lipinski definition) is 6. The van der Waals surface area contributed by atoms with E-state index in [0.717, 1.165) is 36.4 Å². The van der Waals surface area contributed by atoms with E-state index >= 15 is 0 Å². The number of fused-ring (bicyclic) bond motifs is 1. The lowest BCUT2D eigenvalue weighted by atomic mass is 10.1. The number of thioether (sulfide) groups is 1. The fourth-order valence-corrected chi connectivity index (χ4v) is 4.46. The maximum atomic E-state index is 13.0. The molecule has 0 bridgehead atoms.